The van der Waals surface area contributed by atoms with Crippen molar-refractivity contribution in [3.8, 4) is 11.5 Å². The van der Waals surface area contributed by atoms with Gasteiger partial charge in [0, 0.05) is 25.3 Å². The van der Waals surface area contributed by atoms with Gasteiger partial charge in [-0.15, -0.1) is 0 Å². The van der Waals surface area contributed by atoms with Crippen molar-refractivity contribution >= 4 is 17.6 Å². The summed E-state index contributed by atoms with van der Waals surface area (Å²) in [7, 11) is 3.24. The lowest BCUT2D eigenvalue weighted by Gasteiger charge is -2.32. The van der Waals surface area contributed by atoms with Crippen molar-refractivity contribution in [2.45, 2.75) is 65.8 Å². The van der Waals surface area contributed by atoms with E-state index in [9.17, 15) is 9.59 Å². The molecule has 0 aliphatic carbocycles. The molecular weight excluding hydrogens is 454 g/mol. The molecule has 1 aliphatic rings. The second-order valence-corrected chi connectivity index (χ2v) is 10.0. The maximum absolute atomic E-state index is 13.4. The molecule has 0 bridgehead atoms. The van der Waals surface area contributed by atoms with Gasteiger partial charge in [0.1, 0.15) is 6.54 Å². The SMILES string of the molecule is CCCN(CC(=O)N1CCc2cc(OC)c(OC)cc2C1)C(=O)Nc1c(C(C)C)cccc1C(C)C. The Balaban J connectivity index is 1.77. The molecule has 1 heterocycles. The number of hydrogen-bond acceptors (Lipinski definition) is 4. The Morgan fingerprint density at radius 2 is 1.58 bits per heavy atom. The molecule has 7 heteroatoms. The van der Waals surface area contributed by atoms with Crippen LogP contribution in [-0.4, -0.2) is 55.6 Å². The van der Waals surface area contributed by atoms with Crippen LogP contribution in [0.5, 0.6) is 11.5 Å². The second kappa shape index (κ2) is 12.2. The third-order valence-corrected chi connectivity index (χ3v) is 6.78. The van der Waals surface area contributed by atoms with Gasteiger partial charge in [0.15, 0.2) is 11.5 Å². The lowest BCUT2D eigenvalue weighted by molar-refractivity contribution is -0.132. The van der Waals surface area contributed by atoms with Crippen LogP contribution in [0.25, 0.3) is 0 Å². The number of methoxy groups -OCH3 is 2. The molecule has 0 aromatic heterocycles. The molecule has 0 unspecified atom stereocenters. The number of hydrogen-bond donors (Lipinski definition) is 1. The van der Waals surface area contributed by atoms with E-state index in [0.717, 1.165) is 40.8 Å². The number of carbonyl (C=O) groups excluding carboxylic acids is 2. The van der Waals surface area contributed by atoms with E-state index >= 15 is 0 Å². The molecule has 0 saturated carbocycles. The fraction of sp³-hybridized carbons (Fsp3) is 0.517. The molecule has 0 atom stereocenters. The number of amides is 3. The van der Waals surface area contributed by atoms with Gasteiger partial charge in [-0.2, -0.15) is 0 Å². The zero-order valence-corrected chi connectivity index (χ0v) is 22.8. The van der Waals surface area contributed by atoms with Crippen LogP contribution in [0.3, 0.4) is 0 Å². The Morgan fingerprint density at radius 3 is 2.11 bits per heavy atom. The molecule has 7 nitrogen and oxygen atoms in total. The van der Waals surface area contributed by atoms with Gasteiger partial charge in [-0.05, 0) is 59.1 Å². The topological polar surface area (TPSA) is 71.1 Å². The highest BCUT2D eigenvalue weighted by molar-refractivity contribution is 5.94. The number of rotatable bonds is 9. The van der Waals surface area contributed by atoms with Crippen molar-refractivity contribution in [2.75, 3.05) is 39.2 Å². The standard InChI is InChI=1S/C29H41N3O4/c1-8-13-32(29(34)30-28-23(19(2)3)10-9-11-24(28)20(4)5)18-27(33)31-14-12-21-15-25(35-6)26(36-7)16-22(21)17-31/h9-11,15-16,19-20H,8,12-14,17-18H2,1-7H3,(H,30,34). The minimum absolute atomic E-state index is 0.0448. The maximum Gasteiger partial charge on any atom is 0.322 e. The van der Waals surface area contributed by atoms with Gasteiger partial charge < -0.3 is 24.6 Å². The number of urea groups is 1. The predicted molar refractivity (Wildman–Crippen MR) is 144 cm³/mol. The van der Waals surface area contributed by atoms with Crippen molar-refractivity contribution < 1.29 is 19.1 Å². The van der Waals surface area contributed by atoms with E-state index in [1.54, 1.807) is 19.1 Å². The van der Waals surface area contributed by atoms with Crippen LogP contribution in [0, 0.1) is 0 Å². The summed E-state index contributed by atoms with van der Waals surface area (Å²) >= 11 is 0. The number of nitrogens with one attached hydrogen (secondary N) is 1. The van der Waals surface area contributed by atoms with Gasteiger partial charge in [0.25, 0.3) is 0 Å². The smallest absolute Gasteiger partial charge is 0.322 e. The van der Waals surface area contributed by atoms with Crippen molar-refractivity contribution in [1.29, 1.82) is 0 Å². The Morgan fingerprint density at radius 1 is 1.00 bits per heavy atom. The third kappa shape index (κ3) is 6.12. The van der Waals surface area contributed by atoms with E-state index < -0.39 is 0 Å². The zero-order valence-electron chi connectivity index (χ0n) is 22.8. The van der Waals surface area contributed by atoms with Crippen LogP contribution in [0.15, 0.2) is 30.3 Å². The number of para-hydroxylation sites is 1. The summed E-state index contributed by atoms with van der Waals surface area (Å²) in [5.41, 5.74) is 5.29. The predicted octanol–water partition coefficient (Wildman–Crippen LogP) is 5.78. The van der Waals surface area contributed by atoms with E-state index in [-0.39, 0.29) is 30.3 Å². The molecule has 2 aromatic rings. The number of anilines is 1. The molecule has 2 aromatic carbocycles. The Bertz CT molecular complexity index is 1050. The lowest BCUT2D eigenvalue weighted by atomic mass is 9.93. The molecule has 1 N–H and O–H groups in total. The largest absolute Gasteiger partial charge is 0.493 e. The van der Waals surface area contributed by atoms with Crippen LogP contribution in [-0.2, 0) is 17.8 Å². The zero-order chi connectivity index (χ0) is 26.4. The summed E-state index contributed by atoms with van der Waals surface area (Å²) < 4.78 is 10.9. The Labute approximate surface area is 215 Å². The molecule has 0 fully saturated rings. The van der Waals surface area contributed by atoms with E-state index in [4.69, 9.17) is 9.47 Å². The Kier molecular flexibility index (Phi) is 9.24. The summed E-state index contributed by atoms with van der Waals surface area (Å²) in [6.07, 6.45) is 1.50. The fourth-order valence-electron chi connectivity index (χ4n) is 4.76. The number of nitrogens with zero attached hydrogens (tertiary/aromatic N) is 2. The Hall–Kier alpha value is -3.22. The molecule has 0 spiro atoms. The molecule has 36 heavy (non-hydrogen) atoms. The molecule has 3 rings (SSSR count). The average Bonchev–Trinajstić information content (AvgIpc) is 2.86. The highest BCUT2D eigenvalue weighted by atomic mass is 16.5. The van der Waals surface area contributed by atoms with Crippen LogP contribution >= 0.6 is 0 Å². The minimum Gasteiger partial charge on any atom is -0.493 e. The highest BCUT2D eigenvalue weighted by Crippen LogP contribution is 2.34. The third-order valence-electron chi connectivity index (χ3n) is 6.78. The molecule has 1 aliphatic heterocycles. The van der Waals surface area contributed by atoms with Gasteiger partial charge in [0.2, 0.25) is 5.91 Å². The van der Waals surface area contributed by atoms with E-state index in [1.165, 1.54) is 0 Å². The molecule has 196 valence electrons. The minimum atomic E-state index is -0.232. The van der Waals surface area contributed by atoms with Crippen molar-refractivity contribution in [1.82, 2.24) is 9.80 Å². The first-order valence-electron chi connectivity index (χ1n) is 12.9. The molecule has 0 radical (unpaired) electrons. The number of ether oxygens (including phenoxy) is 2. The molecule has 3 amide bonds. The van der Waals surface area contributed by atoms with Gasteiger partial charge in [-0.25, -0.2) is 4.79 Å². The molecular formula is C29H41N3O4. The monoisotopic (exact) mass is 495 g/mol. The normalized spacial score (nSPS) is 13.0. The average molecular weight is 496 g/mol. The first-order chi connectivity index (χ1) is 17.2. The summed E-state index contributed by atoms with van der Waals surface area (Å²) in [5.74, 6) is 1.83. The fourth-order valence-corrected chi connectivity index (χ4v) is 4.76. The maximum atomic E-state index is 13.4. The second-order valence-electron chi connectivity index (χ2n) is 10.0. The first kappa shape index (κ1) is 27.4. The molecule has 0 saturated heterocycles. The van der Waals surface area contributed by atoms with Gasteiger partial charge in [-0.3, -0.25) is 4.79 Å². The van der Waals surface area contributed by atoms with E-state index in [1.807, 2.05) is 30.0 Å². The highest BCUT2D eigenvalue weighted by Gasteiger charge is 2.26. The van der Waals surface area contributed by atoms with Crippen LogP contribution in [0.4, 0.5) is 10.5 Å². The summed E-state index contributed by atoms with van der Waals surface area (Å²) in [4.78, 5) is 30.2. The van der Waals surface area contributed by atoms with Crippen LogP contribution in [0.2, 0.25) is 0 Å². The summed E-state index contributed by atoms with van der Waals surface area (Å²) in [6, 6.07) is 9.88. The van der Waals surface area contributed by atoms with Crippen molar-refractivity contribution in [3.63, 3.8) is 0 Å². The summed E-state index contributed by atoms with van der Waals surface area (Å²) in [6.45, 7) is 12.2. The lowest BCUT2D eigenvalue weighted by Crippen LogP contribution is -2.46. The van der Waals surface area contributed by atoms with Gasteiger partial charge in [-0.1, -0.05) is 52.8 Å². The quantitative estimate of drug-likeness (QED) is 0.479. The number of benzene rings is 2. The van der Waals surface area contributed by atoms with E-state index in [0.29, 0.717) is 31.1 Å². The van der Waals surface area contributed by atoms with Crippen LogP contribution < -0.4 is 14.8 Å². The van der Waals surface area contributed by atoms with Crippen molar-refractivity contribution in [3.05, 3.63) is 52.6 Å². The number of carbonyl (C=O) groups is 2. The van der Waals surface area contributed by atoms with Gasteiger partial charge in [0.05, 0.1) is 14.2 Å². The number of fused-ring (bicyclic) bond motifs is 1. The summed E-state index contributed by atoms with van der Waals surface area (Å²) in [5, 5.41) is 3.16. The van der Waals surface area contributed by atoms with Crippen LogP contribution in [0.1, 0.15) is 75.1 Å². The first-order valence-corrected chi connectivity index (χ1v) is 12.9. The van der Waals surface area contributed by atoms with Gasteiger partial charge >= 0.3 is 6.03 Å². The van der Waals surface area contributed by atoms with Crippen molar-refractivity contribution in [2.24, 2.45) is 0 Å². The van der Waals surface area contributed by atoms with E-state index in [2.05, 4.69) is 45.1 Å².